The molecular weight excluding hydrogens is 264 g/mol. The second kappa shape index (κ2) is 4.80. The van der Waals surface area contributed by atoms with Crippen LogP contribution in [-0.2, 0) is 4.79 Å². The Balaban J connectivity index is 1.85. The topological polar surface area (TPSA) is 87.8 Å². The molecule has 1 aromatic rings. The molecule has 0 amide bonds. The lowest BCUT2D eigenvalue weighted by molar-refractivity contribution is -0.120. The maximum atomic E-state index is 12.2. The first-order valence-electron chi connectivity index (χ1n) is 6.36. The largest absolute Gasteiger partial charge is 0.510 e. The van der Waals surface area contributed by atoms with Gasteiger partial charge in [-0.25, -0.2) is 4.98 Å². The van der Waals surface area contributed by atoms with Crippen LogP contribution >= 0.6 is 11.5 Å². The number of ketones is 1. The summed E-state index contributed by atoms with van der Waals surface area (Å²) < 4.78 is 3.99. The van der Waals surface area contributed by atoms with Crippen LogP contribution in [-0.4, -0.2) is 20.2 Å². The Labute approximate surface area is 114 Å². The molecule has 2 unspecified atom stereocenters. The number of azo groups is 1. The molecule has 0 bridgehead atoms. The second-order valence-corrected chi connectivity index (χ2v) is 5.65. The molecule has 0 saturated heterocycles. The first-order valence-corrected chi connectivity index (χ1v) is 7.13. The van der Waals surface area contributed by atoms with Crippen molar-refractivity contribution in [3.8, 4) is 0 Å². The zero-order chi connectivity index (χ0) is 13.4. The smallest absolute Gasteiger partial charge is 0.249 e. The highest BCUT2D eigenvalue weighted by Crippen LogP contribution is 2.43. The van der Waals surface area contributed by atoms with Gasteiger partial charge in [-0.05, 0) is 19.8 Å². The maximum absolute atomic E-state index is 12.2. The summed E-state index contributed by atoms with van der Waals surface area (Å²) in [6.07, 6.45) is 3.79. The monoisotopic (exact) mass is 278 g/mol. The minimum absolute atomic E-state index is 0.0497. The summed E-state index contributed by atoms with van der Waals surface area (Å²) in [6.45, 7) is 1.77. The standard InChI is InChI=1S/C12H14N4O2S/c1-6-13-12(19-16-6)15-14-9-10(17)7-4-2-3-5-8(7)11(9)18/h7-8,17H,2-5H2,1H3. The number of rotatable bonds is 2. The number of hydrogen-bond acceptors (Lipinski definition) is 7. The van der Waals surface area contributed by atoms with E-state index in [4.69, 9.17) is 0 Å². The highest BCUT2D eigenvalue weighted by atomic mass is 32.1. The molecule has 1 aromatic heterocycles. The average Bonchev–Trinajstić information content (AvgIpc) is 2.93. The molecule has 2 atom stereocenters. The lowest BCUT2D eigenvalue weighted by Crippen LogP contribution is -2.21. The van der Waals surface area contributed by atoms with Gasteiger partial charge in [-0.1, -0.05) is 12.8 Å². The van der Waals surface area contributed by atoms with E-state index in [1.165, 1.54) is 0 Å². The predicted octanol–water partition coefficient (Wildman–Crippen LogP) is 3.09. The van der Waals surface area contributed by atoms with Crippen LogP contribution in [0.15, 0.2) is 21.7 Å². The van der Waals surface area contributed by atoms with Gasteiger partial charge in [-0.15, -0.1) is 10.2 Å². The van der Waals surface area contributed by atoms with Crippen LogP contribution in [0.1, 0.15) is 31.5 Å². The zero-order valence-electron chi connectivity index (χ0n) is 10.5. The summed E-state index contributed by atoms with van der Waals surface area (Å²) in [5, 5.41) is 18.3. The number of hydrogen-bond donors (Lipinski definition) is 1. The van der Waals surface area contributed by atoms with Gasteiger partial charge in [0, 0.05) is 23.4 Å². The second-order valence-electron chi connectivity index (χ2n) is 4.92. The number of aryl methyl sites for hydroxylation is 1. The number of fused-ring (bicyclic) bond motifs is 1. The molecule has 1 fully saturated rings. The molecule has 0 spiro atoms. The van der Waals surface area contributed by atoms with E-state index in [0.717, 1.165) is 37.2 Å². The van der Waals surface area contributed by atoms with E-state index >= 15 is 0 Å². The molecule has 2 aliphatic carbocycles. The quantitative estimate of drug-likeness (QED) is 0.842. The fourth-order valence-corrected chi connectivity index (χ4v) is 3.27. The van der Waals surface area contributed by atoms with Gasteiger partial charge in [0.05, 0.1) is 0 Å². The van der Waals surface area contributed by atoms with Crippen LogP contribution in [0.25, 0.3) is 0 Å². The first-order chi connectivity index (χ1) is 9.16. The van der Waals surface area contributed by atoms with Crippen LogP contribution < -0.4 is 0 Å². The zero-order valence-corrected chi connectivity index (χ0v) is 11.4. The van der Waals surface area contributed by atoms with Gasteiger partial charge in [0.15, 0.2) is 11.5 Å². The molecule has 3 rings (SSSR count). The lowest BCUT2D eigenvalue weighted by Gasteiger charge is -2.23. The van der Waals surface area contributed by atoms with E-state index < -0.39 is 0 Å². The van der Waals surface area contributed by atoms with Crippen molar-refractivity contribution in [3.05, 3.63) is 17.3 Å². The van der Waals surface area contributed by atoms with Crippen molar-refractivity contribution in [1.82, 2.24) is 9.36 Å². The fraction of sp³-hybridized carbons (Fsp3) is 0.583. The molecule has 0 aliphatic heterocycles. The number of carbonyl (C=O) groups excluding carboxylic acids is 1. The minimum Gasteiger partial charge on any atom is -0.510 e. The summed E-state index contributed by atoms with van der Waals surface area (Å²) in [7, 11) is 0. The Kier molecular flexibility index (Phi) is 3.14. The number of aliphatic hydroxyl groups is 1. The predicted molar refractivity (Wildman–Crippen MR) is 69.3 cm³/mol. The van der Waals surface area contributed by atoms with Crippen LogP contribution in [0.4, 0.5) is 5.13 Å². The van der Waals surface area contributed by atoms with Crippen LogP contribution in [0.5, 0.6) is 0 Å². The number of carbonyl (C=O) groups is 1. The van der Waals surface area contributed by atoms with E-state index in [0.29, 0.717) is 11.0 Å². The summed E-state index contributed by atoms with van der Waals surface area (Å²) in [5.41, 5.74) is 0.116. The highest BCUT2D eigenvalue weighted by Gasteiger charge is 2.43. The first kappa shape index (κ1) is 12.4. The van der Waals surface area contributed by atoms with Crippen molar-refractivity contribution >= 4 is 22.4 Å². The Bertz CT molecular complexity index is 578. The van der Waals surface area contributed by atoms with E-state index in [-0.39, 0.29) is 29.1 Å². The molecule has 1 N–H and O–H groups in total. The van der Waals surface area contributed by atoms with E-state index in [9.17, 15) is 9.90 Å². The number of allylic oxidation sites excluding steroid dienone is 2. The Morgan fingerprint density at radius 3 is 2.63 bits per heavy atom. The molecule has 6 nitrogen and oxygen atoms in total. The van der Waals surface area contributed by atoms with E-state index in [1.807, 2.05) is 0 Å². The van der Waals surface area contributed by atoms with Crippen molar-refractivity contribution in [2.75, 3.05) is 0 Å². The minimum atomic E-state index is -0.0983. The fourth-order valence-electron chi connectivity index (χ4n) is 2.77. The third-order valence-corrected chi connectivity index (χ3v) is 4.37. The number of aromatic nitrogens is 2. The number of aliphatic hydroxyl groups excluding tert-OH is 1. The van der Waals surface area contributed by atoms with Gasteiger partial charge in [0.2, 0.25) is 5.13 Å². The van der Waals surface area contributed by atoms with Gasteiger partial charge in [-0.2, -0.15) is 4.37 Å². The Hall–Kier alpha value is -1.63. The van der Waals surface area contributed by atoms with Gasteiger partial charge < -0.3 is 5.11 Å². The molecule has 19 heavy (non-hydrogen) atoms. The number of nitrogens with zero attached hydrogens (tertiary/aromatic N) is 4. The molecule has 0 radical (unpaired) electrons. The van der Waals surface area contributed by atoms with Gasteiger partial charge in [-0.3, -0.25) is 4.79 Å². The van der Waals surface area contributed by atoms with Crippen molar-refractivity contribution in [3.63, 3.8) is 0 Å². The van der Waals surface area contributed by atoms with Crippen LogP contribution in [0, 0.1) is 18.8 Å². The van der Waals surface area contributed by atoms with Crippen molar-refractivity contribution in [2.45, 2.75) is 32.6 Å². The Morgan fingerprint density at radius 1 is 1.26 bits per heavy atom. The lowest BCUT2D eigenvalue weighted by atomic mass is 9.80. The van der Waals surface area contributed by atoms with E-state index in [1.54, 1.807) is 6.92 Å². The SMILES string of the molecule is Cc1nsc(N=NC2=C(O)C3CCCCC3C2=O)n1. The highest BCUT2D eigenvalue weighted by molar-refractivity contribution is 7.09. The summed E-state index contributed by atoms with van der Waals surface area (Å²) in [4.78, 5) is 16.2. The summed E-state index contributed by atoms with van der Waals surface area (Å²) >= 11 is 1.12. The molecule has 7 heteroatoms. The summed E-state index contributed by atoms with van der Waals surface area (Å²) in [5.74, 6) is 0.514. The third-order valence-electron chi connectivity index (χ3n) is 3.68. The van der Waals surface area contributed by atoms with Gasteiger partial charge in [0.25, 0.3) is 0 Å². The Morgan fingerprint density at radius 2 is 2.00 bits per heavy atom. The van der Waals surface area contributed by atoms with Crippen molar-refractivity contribution in [2.24, 2.45) is 22.1 Å². The normalized spacial score (nSPS) is 27.3. The molecular formula is C12H14N4O2S. The van der Waals surface area contributed by atoms with Crippen LogP contribution in [0.2, 0.25) is 0 Å². The van der Waals surface area contributed by atoms with Gasteiger partial charge >= 0.3 is 0 Å². The number of Topliss-reactive ketones (excluding diaryl/α,β-unsaturated/α-hetero) is 1. The third kappa shape index (κ3) is 2.18. The maximum Gasteiger partial charge on any atom is 0.249 e. The van der Waals surface area contributed by atoms with Crippen LogP contribution in [0.3, 0.4) is 0 Å². The van der Waals surface area contributed by atoms with Crippen molar-refractivity contribution in [1.29, 1.82) is 0 Å². The molecule has 0 aromatic carbocycles. The van der Waals surface area contributed by atoms with E-state index in [2.05, 4.69) is 19.6 Å². The van der Waals surface area contributed by atoms with Crippen molar-refractivity contribution < 1.29 is 9.90 Å². The molecule has 100 valence electrons. The van der Waals surface area contributed by atoms with Gasteiger partial charge in [0.1, 0.15) is 11.6 Å². The summed E-state index contributed by atoms with van der Waals surface area (Å²) in [6, 6.07) is 0. The molecule has 1 saturated carbocycles. The average molecular weight is 278 g/mol. The molecule has 1 heterocycles. The molecule has 2 aliphatic rings.